The lowest BCUT2D eigenvalue weighted by molar-refractivity contribution is -0.140. The summed E-state index contributed by atoms with van der Waals surface area (Å²) in [6, 6.07) is 0. The third-order valence-corrected chi connectivity index (χ3v) is 3.86. The van der Waals surface area contributed by atoms with Crippen molar-refractivity contribution in [3.05, 3.63) is 0 Å². The van der Waals surface area contributed by atoms with Crippen molar-refractivity contribution < 1.29 is 4.79 Å². The van der Waals surface area contributed by atoms with E-state index in [0.29, 0.717) is 11.8 Å². The van der Waals surface area contributed by atoms with Crippen molar-refractivity contribution in [1.82, 2.24) is 4.90 Å². The summed E-state index contributed by atoms with van der Waals surface area (Å²) in [5, 5.41) is 0. The molecule has 2 aliphatic rings. The van der Waals surface area contributed by atoms with Gasteiger partial charge in [-0.05, 0) is 31.6 Å². The summed E-state index contributed by atoms with van der Waals surface area (Å²) in [6.45, 7) is 4.29. The highest BCUT2D eigenvalue weighted by Crippen LogP contribution is 2.30. The molecule has 2 fully saturated rings. The van der Waals surface area contributed by atoms with Crippen LogP contribution in [-0.2, 0) is 4.79 Å². The minimum atomic E-state index is 0.394. The second kappa shape index (κ2) is 4.33. The summed E-state index contributed by atoms with van der Waals surface area (Å²) in [5.74, 6) is 1.62. The summed E-state index contributed by atoms with van der Waals surface area (Å²) < 4.78 is 0. The number of nitrogens with zero attached hydrogens (tertiary/aromatic N) is 1. The van der Waals surface area contributed by atoms with E-state index in [1.165, 1.54) is 25.7 Å². The number of amides is 1. The standard InChI is InChI=1S/C12H21NO/c1-2-10-5-4-8-13(9-10)12(14)11-6-3-7-11/h10-11H,2-9H2,1H3. The molecule has 80 valence electrons. The zero-order chi connectivity index (χ0) is 9.97. The van der Waals surface area contributed by atoms with Crippen LogP contribution in [0.2, 0.25) is 0 Å². The summed E-state index contributed by atoms with van der Waals surface area (Å²) >= 11 is 0. The van der Waals surface area contributed by atoms with E-state index < -0.39 is 0 Å². The molecule has 0 bridgehead atoms. The molecule has 1 amide bonds. The van der Waals surface area contributed by atoms with E-state index in [-0.39, 0.29) is 0 Å². The van der Waals surface area contributed by atoms with Crippen molar-refractivity contribution in [3.8, 4) is 0 Å². The Morgan fingerprint density at radius 1 is 1.29 bits per heavy atom. The molecular weight excluding hydrogens is 174 g/mol. The third kappa shape index (κ3) is 1.94. The molecule has 0 aromatic heterocycles. The fourth-order valence-corrected chi connectivity index (χ4v) is 2.51. The summed E-state index contributed by atoms with van der Waals surface area (Å²) in [6.07, 6.45) is 7.33. The molecule has 2 rings (SSSR count). The van der Waals surface area contributed by atoms with E-state index in [0.717, 1.165) is 31.8 Å². The number of piperidine rings is 1. The maximum atomic E-state index is 12.0. The Morgan fingerprint density at radius 2 is 2.07 bits per heavy atom. The van der Waals surface area contributed by atoms with Crippen LogP contribution >= 0.6 is 0 Å². The van der Waals surface area contributed by atoms with Crippen molar-refractivity contribution in [2.75, 3.05) is 13.1 Å². The maximum Gasteiger partial charge on any atom is 0.225 e. The zero-order valence-corrected chi connectivity index (χ0v) is 9.17. The molecule has 1 aliphatic heterocycles. The Bertz CT molecular complexity index is 210. The molecular formula is C12H21NO. The summed E-state index contributed by atoms with van der Waals surface area (Å²) in [4.78, 5) is 14.1. The Balaban J connectivity index is 1.86. The molecule has 1 unspecified atom stereocenters. The Hall–Kier alpha value is -0.530. The first-order chi connectivity index (χ1) is 6.81. The minimum Gasteiger partial charge on any atom is -0.342 e. The highest BCUT2D eigenvalue weighted by molar-refractivity contribution is 5.79. The van der Waals surface area contributed by atoms with Crippen molar-refractivity contribution >= 4 is 5.91 Å². The van der Waals surface area contributed by atoms with Crippen molar-refractivity contribution in [2.45, 2.75) is 45.4 Å². The molecule has 1 saturated heterocycles. The first-order valence-electron chi connectivity index (χ1n) is 6.10. The zero-order valence-electron chi connectivity index (χ0n) is 9.17. The van der Waals surface area contributed by atoms with E-state index >= 15 is 0 Å². The average molecular weight is 195 g/mol. The predicted octanol–water partition coefficient (Wildman–Crippen LogP) is 2.44. The molecule has 0 radical (unpaired) electrons. The molecule has 0 N–H and O–H groups in total. The highest BCUT2D eigenvalue weighted by atomic mass is 16.2. The predicted molar refractivity (Wildman–Crippen MR) is 56.9 cm³/mol. The summed E-state index contributed by atoms with van der Waals surface area (Å²) in [5.41, 5.74) is 0. The van der Waals surface area contributed by atoms with E-state index in [2.05, 4.69) is 11.8 Å². The normalized spacial score (nSPS) is 28.6. The van der Waals surface area contributed by atoms with Gasteiger partial charge in [-0.25, -0.2) is 0 Å². The van der Waals surface area contributed by atoms with Crippen LogP contribution in [-0.4, -0.2) is 23.9 Å². The average Bonchev–Trinajstić information content (AvgIpc) is 2.15. The van der Waals surface area contributed by atoms with Crippen LogP contribution in [0, 0.1) is 11.8 Å². The van der Waals surface area contributed by atoms with E-state index in [1.807, 2.05) is 0 Å². The number of carbonyl (C=O) groups excluding carboxylic acids is 1. The molecule has 0 aromatic rings. The van der Waals surface area contributed by atoms with Gasteiger partial charge < -0.3 is 4.90 Å². The molecule has 1 saturated carbocycles. The fraction of sp³-hybridized carbons (Fsp3) is 0.917. The summed E-state index contributed by atoms with van der Waals surface area (Å²) in [7, 11) is 0. The Morgan fingerprint density at radius 3 is 2.64 bits per heavy atom. The molecule has 0 spiro atoms. The topological polar surface area (TPSA) is 20.3 Å². The van der Waals surface area contributed by atoms with E-state index in [9.17, 15) is 4.79 Å². The van der Waals surface area contributed by atoms with Crippen LogP contribution in [0.3, 0.4) is 0 Å². The molecule has 1 atom stereocenters. The Kier molecular flexibility index (Phi) is 3.09. The molecule has 2 nitrogen and oxygen atoms in total. The van der Waals surface area contributed by atoms with Gasteiger partial charge in [0.15, 0.2) is 0 Å². The van der Waals surface area contributed by atoms with Gasteiger partial charge in [-0.15, -0.1) is 0 Å². The van der Waals surface area contributed by atoms with Crippen LogP contribution in [0.15, 0.2) is 0 Å². The van der Waals surface area contributed by atoms with Crippen LogP contribution in [0.1, 0.15) is 45.4 Å². The lowest BCUT2D eigenvalue weighted by atomic mass is 9.83. The van der Waals surface area contributed by atoms with Crippen LogP contribution in [0.25, 0.3) is 0 Å². The van der Waals surface area contributed by atoms with Gasteiger partial charge in [-0.1, -0.05) is 19.8 Å². The SMILES string of the molecule is CCC1CCCN(C(=O)C2CCC2)C1. The third-order valence-electron chi connectivity index (χ3n) is 3.86. The van der Waals surface area contributed by atoms with Gasteiger partial charge in [-0.2, -0.15) is 0 Å². The number of rotatable bonds is 2. The number of hydrogen-bond acceptors (Lipinski definition) is 1. The van der Waals surface area contributed by atoms with Gasteiger partial charge in [-0.3, -0.25) is 4.79 Å². The highest BCUT2D eigenvalue weighted by Gasteiger charge is 2.31. The van der Waals surface area contributed by atoms with Crippen LogP contribution in [0.5, 0.6) is 0 Å². The maximum absolute atomic E-state index is 12.0. The number of likely N-dealkylation sites (tertiary alicyclic amines) is 1. The monoisotopic (exact) mass is 195 g/mol. The van der Waals surface area contributed by atoms with Crippen molar-refractivity contribution in [3.63, 3.8) is 0 Å². The second-order valence-electron chi connectivity index (χ2n) is 4.83. The van der Waals surface area contributed by atoms with Crippen LogP contribution in [0.4, 0.5) is 0 Å². The quantitative estimate of drug-likeness (QED) is 0.662. The minimum absolute atomic E-state index is 0.394. The second-order valence-corrected chi connectivity index (χ2v) is 4.83. The van der Waals surface area contributed by atoms with Crippen LogP contribution < -0.4 is 0 Å². The fourth-order valence-electron chi connectivity index (χ4n) is 2.51. The smallest absolute Gasteiger partial charge is 0.225 e. The lowest BCUT2D eigenvalue weighted by Gasteiger charge is -2.37. The molecule has 2 heteroatoms. The molecule has 0 aromatic carbocycles. The van der Waals surface area contributed by atoms with Gasteiger partial charge in [0.2, 0.25) is 5.91 Å². The van der Waals surface area contributed by atoms with Gasteiger partial charge >= 0.3 is 0 Å². The van der Waals surface area contributed by atoms with Gasteiger partial charge in [0.05, 0.1) is 0 Å². The molecule has 1 heterocycles. The van der Waals surface area contributed by atoms with Gasteiger partial charge in [0, 0.05) is 19.0 Å². The number of carbonyl (C=O) groups is 1. The lowest BCUT2D eigenvalue weighted by Crippen LogP contribution is -2.44. The first kappa shape index (κ1) is 10.0. The molecule has 14 heavy (non-hydrogen) atoms. The van der Waals surface area contributed by atoms with Gasteiger partial charge in [0.1, 0.15) is 0 Å². The van der Waals surface area contributed by atoms with Crippen molar-refractivity contribution in [2.24, 2.45) is 11.8 Å². The van der Waals surface area contributed by atoms with Gasteiger partial charge in [0.25, 0.3) is 0 Å². The number of hydrogen-bond donors (Lipinski definition) is 0. The first-order valence-corrected chi connectivity index (χ1v) is 6.10. The van der Waals surface area contributed by atoms with E-state index in [1.54, 1.807) is 0 Å². The van der Waals surface area contributed by atoms with E-state index in [4.69, 9.17) is 0 Å². The largest absolute Gasteiger partial charge is 0.342 e. The molecule has 1 aliphatic carbocycles. The van der Waals surface area contributed by atoms with Crippen molar-refractivity contribution in [1.29, 1.82) is 0 Å². The Labute approximate surface area is 86.7 Å².